The van der Waals surface area contributed by atoms with Crippen molar-refractivity contribution in [3.05, 3.63) is 29.8 Å². The van der Waals surface area contributed by atoms with E-state index in [1.165, 1.54) is 0 Å². The lowest BCUT2D eigenvalue weighted by molar-refractivity contribution is -0.151. The highest BCUT2D eigenvalue weighted by atomic mass is 32.2. The normalized spacial score (nSPS) is 33.1. The fourth-order valence-electron chi connectivity index (χ4n) is 5.73. The fourth-order valence-corrected chi connectivity index (χ4v) is 6.08. The molecule has 3 bridgehead atoms. The molecule has 29 heavy (non-hydrogen) atoms. The molecule has 4 rings (SSSR count). The largest absolute Gasteiger partial charge is 0.481 e. The third-order valence-electron chi connectivity index (χ3n) is 6.93. The second kappa shape index (κ2) is 7.31. The third kappa shape index (κ3) is 4.13. The van der Waals surface area contributed by atoms with E-state index in [9.17, 15) is 23.1 Å². The van der Waals surface area contributed by atoms with Gasteiger partial charge in [0.1, 0.15) is 5.75 Å². The van der Waals surface area contributed by atoms with Gasteiger partial charge in [0.05, 0.1) is 5.41 Å². The Balaban J connectivity index is 1.43. The number of amides is 1. The number of carbonyl (C=O) groups is 2. The summed E-state index contributed by atoms with van der Waals surface area (Å²) in [7, 11) is -3.24. The van der Waals surface area contributed by atoms with Gasteiger partial charge in [-0.05, 0) is 80.5 Å². The average Bonchev–Trinajstić information content (AvgIpc) is 2.88. The molecule has 0 heterocycles. The van der Waals surface area contributed by atoms with Gasteiger partial charge in [0.15, 0.2) is 15.8 Å². The summed E-state index contributed by atoms with van der Waals surface area (Å²) in [4.78, 5) is 24.7. The van der Waals surface area contributed by atoms with Crippen LogP contribution in [0.15, 0.2) is 24.3 Å². The van der Waals surface area contributed by atoms with Gasteiger partial charge >= 0.3 is 5.97 Å². The lowest BCUT2D eigenvalue weighted by atomic mass is 9.70. The van der Waals surface area contributed by atoms with Gasteiger partial charge in [0.25, 0.3) is 5.91 Å². The molecule has 1 aromatic rings. The van der Waals surface area contributed by atoms with Crippen LogP contribution in [0.3, 0.4) is 0 Å². The molecular formula is C21H27NO6S. The van der Waals surface area contributed by atoms with Crippen molar-refractivity contribution in [1.82, 2.24) is 5.32 Å². The molecule has 3 aliphatic rings. The second-order valence-corrected chi connectivity index (χ2v) is 11.2. The topological polar surface area (TPSA) is 110 Å². The zero-order valence-corrected chi connectivity index (χ0v) is 17.3. The highest BCUT2D eigenvalue weighted by Crippen LogP contribution is 2.60. The minimum Gasteiger partial charge on any atom is -0.481 e. The lowest BCUT2D eigenvalue weighted by Gasteiger charge is -2.34. The molecule has 5 unspecified atom stereocenters. The summed E-state index contributed by atoms with van der Waals surface area (Å²) < 4.78 is 27.6. The van der Waals surface area contributed by atoms with Gasteiger partial charge in [-0.3, -0.25) is 9.59 Å². The Labute approximate surface area is 170 Å². The van der Waals surface area contributed by atoms with E-state index in [4.69, 9.17) is 4.74 Å². The number of hydrogen-bond acceptors (Lipinski definition) is 5. The average molecular weight is 422 g/mol. The number of rotatable bonds is 6. The first-order chi connectivity index (χ1) is 13.7. The van der Waals surface area contributed by atoms with Crippen LogP contribution in [0.5, 0.6) is 5.75 Å². The van der Waals surface area contributed by atoms with Crippen LogP contribution in [0.1, 0.15) is 48.9 Å². The number of carbonyl (C=O) groups excluding carboxylic acids is 1. The number of benzene rings is 1. The van der Waals surface area contributed by atoms with Crippen LogP contribution < -0.4 is 10.1 Å². The zero-order chi connectivity index (χ0) is 20.8. The first-order valence-corrected chi connectivity index (χ1v) is 12.2. The number of nitrogens with one attached hydrogen (secondary N) is 1. The van der Waals surface area contributed by atoms with Crippen molar-refractivity contribution in [1.29, 1.82) is 0 Å². The van der Waals surface area contributed by atoms with Crippen LogP contribution in [-0.4, -0.2) is 43.6 Å². The van der Waals surface area contributed by atoms with E-state index in [1.807, 2.05) is 0 Å². The summed E-state index contributed by atoms with van der Waals surface area (Å²) in [5.41, 5.74) is -0.117. The van der Waals surface area contributed by atoms with Gasteiger partial charge in [-0.1, -0.05) is 0 Å². The number of fused-ring (bicyclic) bond motifs is 2. The van der Waals surface area contributed by atoms with Crippen LogP contribution in [0.25, 0.3) is 0 Å². The van der Waals surface area contributed by atoms with Crippen molar-refractivity contribution in [2.24, 2.45) is 23.2 Å². The molecule has 3 saturated carbocycles. The van der Waals surface area contributed by atoms with Crippen LogP contribution in [0.4, 0.5) is 0 Å². The number of carboxylic acids is 1. The Bertz CT molecular complexity index is 912. The highest BCUT2D eigenvalue weighted by molar-refractivity contribution is 7.90. The van der Waals surface area contributed by atoms with Gasteiger partial charge in [-0.15, -0.1) is 0 Å². The predicted octanol–water partition coefficient (Wildman–Crippen LogP) is 2.47. The monoisotopic (exact) mass is 421 g/mol. The van der Waals surface area contributed by atoms with E-state index in [-0.39, 0.29) is 17.9 Å². The second-order valence-electron chi connectivity index (χ2n) is 9.09. The summed E-state index contributed by atoms with van der Waals surface area (Å²) in [6, 6.07) is 6.40. The van der Waals surface area contributed by atoms with Gasteiger partial charge < -0.3 is 15.2 Å². The molecule has 5 atom stereocenters. The quantitative estimate of drug-likeness (QED) is 0.730. The maximum atomic E-state index is 12.8. The highest BCUT2D eigenvalue weighted by Gasteiger charge is 2.57. The number of hydrogen-bond donors (Lipinski definition) is 2. The van der Waals surface area contributed by atoms with Crippen molar-refractivity contribution in [2.75, 3.05) is 12.2 Å². The number of sulfone groups is 1. The molecule has 0 radical (unpaired) electrons. The summed E-state index contributed by atoms with van der Waals surface area (Å²) in [5.74, 6) is 0.172. The molecule has 0 spiro atoms. The summed E-state index contributed by atoms with van der Waals surface area (Å²) in [5, 5.41) is 13.0. The van der Waals surface area contributed by atoms with Crippen LogP contribution in [0, 0.1) is 23.2 Å². The van der Waals surface area contributed by atoms with Crippen molar-refractivity contribution < 1.29 is 27.9 Å². The molecule has 158 valence electrons. The Morgan fingerprint density at radius 2 is 1.90 bits per heavy atom. The molecule has 7 nitrogen and oxygen atoms in total. The molecule has 0 saturated heterocycles. The first-order valence-electron chi connectivity index (χ1n) is 10.1. The maximum absolute atomic E-state index is 12.8. The zero-order valence-electron chi connectivity index (χ0n) is 16.5. The predicted molar refractivity (Wildman–Crippen MR) is 106 cm³/mol. The number of ether oxygens (including phenoxy) is 1. The molecule has 0 aromatic heterocycles. The van der Waals surface area contributed by atoms with Crippen LogP contribution >= 0.6 is 0 Å². The molecule has 3 fully saturated rings. The van der Waals surface area contributed by atoms with Crippen LogP contribution in [0.2, 0.25) is 0 Å². The minimum absolute atomic E-state index is 0.000172. The van der Waals surface area contributed by atoms with E-state index < -0.39 is 27.2 Å². The van der Waals surface area contributed by atoms with Gasteiger partial charge in [0.2, 0.25) is 0 Å². The molecule has 0 aliphatic heterocycles. The maximum Gasteiger partial charge on any atom is 0.309 e. The van der Waals surface area contributed by atoms with Crippen LogP contribution in [-0.2, 0) is 14.6 Å². The van der Waals surface area contributed by atoms with Crippen molar-refractivity contribution in [3.63, 3.8) is 0 Å². The van der Waals surface area contributed by atoms with Crippen molar-refractivity contribution in [3.8, 4) is 5.75 Å². The molecule has 8 heteroatoms. The molecular weight excluding hydrogens is 394 g/mol. The van der Waals surface area contributed by atoms with E-state index in [1.54, 1.807) is 24.3 Å². The van der Waals surface area contributed by atoms with Crippen molar-refractivity contribution >= 4 is 21.7 Å². The molecule has 1 amide bonds. The fraction of sp³-hybridized carbons (Fsp3) is 0.619. The Morgan fingerprint density at radius 1 is 1.17 bits per heavy atom. The summed E-state index contributed by atoms with van der Waals surface area (Å²) in [6.07, 6.45) is 6.21. The van der Waals surface area contributed by atoms with Gasteiger partial charge in [0, 0.05) is 17.9 Å². The minimum atomic E-state index is -3.24. The van der Waals surface area contributed by atoms with E-state index in [0.717, 1.165) is 38.4 Å². The third-order valence-corrected chi connectivity index (χ3v) is 7.48. The SMILES string of the molecule is CS(=O)(=O)COc1ccc(C(=O)NC2CCC3CC4CC(C(=O)O)(C3)CC42)cc1. The molecule has 3 aliphatic carbocycles. The van der Waals surface area contributed by atoms with E-state index in [0.29, 0.717) is 29.6 Å². The standard InChI is InChI=1S/C21H27NO6S/c1-29(26,27)12-28-16-5-3-14(4-6-16)19(23)22-18-7-2-13-8-15-10-21(9-13,20(24)25)11-17(15)18/h3-6,13,15,17-18H,2,7-12H2,1H3,(H,22,23)(H,24,25). The molecule has 2 N–H and O–H groups in total. The summed E-state index contributed by atoms with van der Waals surface area (Å²) >= 11 is 0. The summed E-state index contributed by atoms with van der Waals surface area (Å²) in [6.45, 7) is 0. The van der Waals surface area contributed by atoms with Crippen molar-refractivity contribution in [2.45, 2.75) is 44.6 Å². The molecule has 1 aromatic carbocycles. The van der Waals surface area contributed by atoms with E-state index >= 15 is 0 Å². The number of carboxylic acid groups (broad SMARTS) is 1. The Morgan fingerprint density at radius 3 is 2.55 bits per heavy atom. The Hall–Kier alpha value is -2.09. The number of aliphatic carboxylic acids is 1. The smallest absolute Gasteiger partial charge is 0.309 e. The van der Waals surface area contributed by atoms with Gasteiger partial charge in [-0.2, -0.15) is 0 Å². The van der Waals surface area contributed by atoms with E-state index in [2.05, 4.69) is 5.32 Å². The first kappa shape index (κ1) is 20.2. The Kier molecular flexibility index (Phi) is 5.09. The lowest BCUT2D eigenvalue weighted by Crippen LogP contribution is -2.42. The van der Waals surface area contributed by atoms with Gasteiger partial charge in [-0.25, -0.2) is 8.42 Å².